The maximum absolute atomic E-state index is 4.49. The Labute approximate surface area is 118 Å². The number of hydrogen-bond donors (Lipinski definition) is 1. The first-order chi connectivity index (χ1) is 9.17. The van der Waals surface area contributed by atoms with Gasteiger partial charge in [0.1, 0.15) is 0 Å². The molecule has 0 spiro atoms. The highest BCUT2D eigenvalue weighted by Crippen LogP contribution is 2.12. The van der Waals surface area contributed by atoms with E-state index in [4.69, 9.17) is 0 Å². The van der Waals surface area contributed by atoms with Crippen LogP contribution >= 0.6 is 0 Å². The number of nitrogens with zero attached hydrogens (tertiary/aromatic N) is 2. The van der Waals surface area contributed by atoms with Gasteiger partial charge in [-0.05, 0) is 45.9 Å². The van der Waals surface area contributed by atoms with E-state index >= 15 is 0 Å². The highest BCUT2D eigenvalue weighted by Gasteiger charge is 2.10. The number of pyridine rings is 1. The Balaban J connectivity index is 2.59. The minimum Gasteiger partial charge on any atom is -0.385 e. The number of rotatable bonds is 9. The summed E-state index contributed by atoms with van der Waals surface area (Å²) in [5, 5.41) is 3.34. The second kappa shape index (κ2) is 8.92. The molecule has 1 aromatic rings. The Morgan fingerprint density at radius 1 is 1.26 bits per heavy atom. The van der Waals surface area contributed by atoms with Crippen LogP contribution in [0.2, 0.25) is 0 Å². The fourth-order valence-electron chi connectivity index (χ4n) is 2.17. The van der Waals surface area contributed by atoms with E-state index in [1.807, 2.05) is 12.3 Å². The van der Waals surface area contributed by atoms with Crippen molar-refractivity contribution in [1.82, 2.24) is 9.88 Å². The zero-order chi connectivity index (χ0) is 14.1. The summed E-state index contributed by atoms with van der Waals surface area (Å²) in [6.07, 6.45) is 5.77. The van der Waals surface area contributed by atoms with E-state index in [-0.39, 0.29) is 0 Å². The van der Waals surface area contributed by atoms with Gasteiger partial charge in [-0.25, -0.2) is 0 Å². The van der Waals surface area contributed by atoms with Gasteiger partial charge in [-0.3, -0.25) is 9.88 Å². The summed E-state index contributed by atoms with van der Waals surface area (Å²) in [6.45, 7) is 12.0. The Morgan fingerprint density at radius 3 is 2.68 bits per heavy atom. The summed E-state index contributed by atoms with van der Waals surface area (Å²) < 4.78 is 0. The fraction of sp³-hybridized carbons (Fsp3) is 0.688. The molecule has 3 heteroatoms. The van der Waals surface area contributed by atoms with Gasteiger partial charge in [0.15, 0.2) is 0 Å². The predicted octanol–water partition coefficient (Wildman–Crippen LogP) is 3.91. The van der Waals surface area contributed by atoms with E-state index in [9.17, 15) is 0 Å². The molecule has 0 aromatic carbocycles. The maximum Gasteiger partial charge on any atom is 0.0564 e. The summed E-state index contributed by atoms with van der Waals surface area (Å²) in [5.74, 6) is 0. The summed E-state index contributed by atoms with van der Waals surface area (Å²) in [7, 11) is 0. The molecular formula is C16H29N3. The molecule has 1 aromatic heterocycles. The Hall–Kier alpha value is -1.09. The highest BCUT2D eigenvalue weighted by molar-refractivity contribution is 5.42. The highest BCUT2D eigenvalue weighted by atomic mass is 15.1. The van der Waals surface area contributed by atoms with Crippen molar-refractivity contribution >= 4 is 5.69 Å². The second-order valence-electron chi connectivity index (χ2n) is 5.34. The molecule has 108 valence electrons. The van der Waals surface area contributed by atoms with Crippen LogP contribution in [0.15, 0.2) is 18.3 Å². The van der Waals surface area contributed by atoms with Crippen LogP contribution in [0.1, 0.15) is 52.7 Å². The first-order valence-corrected chi connectivity index (χ1v) is 7.60. The van der Waals surface area contributed by atoms with Crippen molar-refractivity contribution in [3.8, 4) is 0 Å². The molecule has 0 amide bonds. The average molecular weight is 263 g/mol. The third kappa shape index (κ3) is 6.06. The lowest BCUT2D eigenvalue weighted by Gasteiger charge is -2.26. The molecule has 0 radical (unpaired) electrons. The van der Waals surface area contributed by atoms with Crippen molar-refractivity contribution in [2.45, 2.75) is 59.5 Å². The van der Waals surface area contributed by atoms with Gasteiger partial charge < -0.3 is 5.32 Å². The average Bonchev–Trinajstić information content (AvgIpc) is 2.38. The first kappa shape index (κ1) is 16.0. The second-order valence-corrected chi connectivity index (χ2v) is 5.34. The van der Waals surface area contributed by atoms with Crippen LogP contribution in [0.4, 0.5) is 5.69 Å². The van der Waals surface area contributed by atoms with Crippen LogP contribution in [-0.2, 0) is 6.54 Å². The van der Waals surface area contributed by atoms with E-state index in [1.54, 1.807) is 0 Å². The van der Waals surface area contributed by atoms with Crippen molar-refractivity contribution in [3.05, 3.63) is 24.0 Å². The molecule has 0 aliphatic rings. The third-order valence-electron chi connectivity index (χ3n) is 3.34. The van der Waals surface area contributed by atoms with Crippen molar-refractivity contribution in [2.75, 3.05) is 18.4 Å². The molecule has 0 aliphatic carbocycles. The van der Waals surface area contributed by atoms with E-state index < -0.39 is 0 Å². The molecule has 19 heavy (non-hydrogen) atoms. The molecule has 1 heterocycles. The number of anilines is 1. The molecule has 1 rings (SSSR count). The lowest BCUT2D eigenvalue weighted by molar-refractivity contribution is 0.206. The molecular weight excluding hydrogens is 234 g/mol. The monoisotopic (exact) mass is 263 g/mol. The van der Waals surface area contributed by atoms with Gasteiger partial charge in [-0.15, -0.1) is 0 Å². The Morgan fingerprint density at radius 2 is 2.05 bits per heavy atom. The Kier molecular flexibility index (Phi) is 7.49. The smallest absolute Gasteiger partial charge is 0.0564 e. The van der Waals surface area contributed by atoms with Crippen LogP contribution in [0.5, 0.6) is 0 Å². The number of unbranched alkanes of at least 4 members (excludes halogenated alkanes) is 2. The number of hydrogen-bond acceptors (Lipinski definition) is 3. The van der Waals surface area contributed by atoms with Gasteiger partial charge in [0, 0.05) is 31.0 Å². The van der Waals surface area contributed by atoms with Gasteiger partial charge in [-0.1, -0.05) is 19.8 Å². The van der Waals surface area contributed by atoms with Crippen LogP contribution in [0.25, 0.3) is 0 Å². The standard InChI is InChI=1S/C16H29N3/c1-5-7-8-11-19(14(3)4)13-16-12-15(17-6-2)9-10-18-16/h9-10,12,14H,5-8,11,13H2,1-4H3,(H,17,18). The first-order valence-electron chi connectivity index (χ1n) is 7.60. The van der Waals surface area contributed by atoms with E-state index in [2.05, 4.69) is 49.0 Å². The fourth-order valence-corrected chi connectivity index (χ4v) is 2.17. The van der Waals surface area contributed by atoms with Crippen LogP contribution in [0.3, 0.4) is 0 Å². The normalized spacial score (nSPS) is 11.3. The molecule has 0 unspecified atom stereocenters. The van der Waals surface area contributed by atoms with E-state index in [0.29, 0.717) is 6.04 Å². The summed E-state index contributed by atoms with van der Waals surface area (Å²) in [6, 6.07) is 4.77. The molecule has 1 N–H and O–H groups in total. The quantitative estimate of drug-likeness (QED) is 0.685. The molecule has 0 saturated heterocycles. The summed E-state index contributed by atoms with van der Waals surface area (Å²) >= 11 is 0. The lowest BCUT2D eigenvalue weighted by Crippen LogP contribution is -2.31. The van der Waals surface area contributed by atoms with Crippen molar-refractivity contribution in [3.63, 3.8) is 0 Å². The van der Waals surface area contributed by atoms with Gasteiger partial charge >= 0.3 is 0 Å². The van der Waals surface area contributed by atoms with Gasteiger partial charge in [0.05, 0.1) is 5.69 Å². The number of aromatic nitrogens is 1. The zero-order valence-corrected chi connectivity index (χ0v) is 12.9. The molecule has 0 aliphatic heterocycles. The predicted molar refractivity (Wildman–Crippen MR) is 83.5 cm³/mol. The molecule has 0 atom stereocenters. The molecule has 3 nitrogen and oxygen atoms in total. The minimum atomic E-state index is 0.571. The molecule has 0 fully saturated rings. The maximum atomic E-state index is 4.49. The van der Waals surface area contributed by atoms with Crippen molar-refractivity contribution in [2.24, 2.45) is 0 Å². The molecule has 0 saturated carbocycles. The van der Waals surface area contributed by atoms with Gasteiger partial charge in [0.2, 0.25) is 0 Å². The summed E-state index contributed by atoms with van der Waals surface area (Å²) in [4.78, 5) is 7.00. The lowest BCUT2D eigenvalue weighted by atomic mass is 10.2. The SMILES string of the molecule is CCCCCN(Cc1cc(NCC)ccn1)C(C)C. The van der Waals surface area contributed by atoms with Crippen molar-refractivity contribution in [1.29, 1.82) is 0 Å². The van der Waals surface area contributed by atoms with Crippen molar-refractivity contribution < 1.29 is 0 Å². The van der Waals surface area contributed by atoms with E-state index in [0.717, 1.165) is 18.8 Å². The van der Waals surface area contributed by atoms with Crippen LogP contribution < -0.4 is 5.32 Å². The summed E-state index contributed by atoms with van der Waals surface area (Å²) in [5.41, 5.74) is 2.33. The van der Waals surface area contributed by atoms with Gasteiger partial charge in [0.25, 0.3) is 0 Å². The Bertz CT molecular complexity index is 350. The van der Waals surface area contributed by atoms with Crippen LogP contribution in [-0.4, -0.2) is 29.0 Å². The number of nitrogens with one attached hydrogen (secondary N) is 1. The topological polar surface area (TPSA) is 28.2 Å². The van der Waals surface area contributed by atoms with Gasteiger partial charge in [-0.2, -0.15) is 0 Å². The third-order valence-corrected chi connectivity index (χ3v) is 3.34. The minimum absolute atomic E-state index is 0.571. The van der Waals surface area contributed by atoms with E-state index in [1.165, 1.54) is 31.5 Å². The zero-order valence-electron chi connectivity index (χ0n) is 12.9. The molecule has 0 bridgehead atoms. The van der Waals surface area contributed by atoms with Crippen LogP contribution in [0, 0.1) is 0 Å². The largest absolute Gasteiger partial charge is 0.385 e.